The van der Waals surface area contributed by atoms with Gasteiger partial charge in [-0.2, -0.15) is 0 Å². The molecule has 3 aromatic rings. The van der Waals surface area contributed by atoms with Crippen LogP contribution in [0.2, 0.25) is 0 Å². The van der Waals surface area contributed by atoms with Crippen LogP contribution in [0.1, 0.15) is 28.0 Å². The van der Waals surface area contributed by atoms with Crippen LogP contribution in [0.5, 0.6) is 0 Å². The summed E-state index contributed by atoms with van der Waals surface area (Å²) in [4.78, 5) is 16.5. The molecule has 0 spiro atoms. The Morgan fingerprint density at radius 1 is 1.19 bits per heavy atom. The van der Waals surface area contributed by atoms with E-state index >= 15 is 0 Å². The average Bonchev–Trinajstić information content (AvgIpc) is 3.02. The van der Waals surface area contributed by atoms with Crippen molar-refractivity contribution in [1.29, 1.82) is 0 Å². The number of carbonyl (C=O) groups excluding carboxylic acids is 1. The lowest BCUT2D eigenvalue weighted by molar-refractivity contribution is 0.0949. The monoisotopic (exact) mass is 371 g/mol. The fraction of sp³-hybridized carbons (Fsp3) is 0.263. The zero-order valence-electron chi connectivity index (χ0n) is 14.6. The molecule has 0 saturated heterocycles. The van der Waals surface area contributed by atoms with Crippen LogP contribution in [0, 0.1) is 6.92 Å². The van der Waals surface area contributed by atoms with Crippen molar-refractivity contribution in [3.8, 4) is 0 Å². The zero-order valence-corrected chi connectivity index (χ0v) is 15.4. The van der Waals surface area contributed by atoms with E-state index in [1.165, 1.54) is 0 Å². The van der Waals surface area contributed by atoms with Gasteiger partial charge in [-0.3, -0.25) is 4.79 Å². The smallest absolute Gasteiger partial charge is 0.271 e. The SMILES string of the molecule is Cc1ccn2cc(C(=O)NCCCS(=O)(=O)Cc3ccccc3)nc2c1. The minimum atomic E-state index is -3.19. The van der Waals surface area contributed by atoms with Crippen molar-refractivity contribution in [2.24, 2.45) is 0 Å². The molecule has 7 heteroatoms. The van der Waals surface area contributed by atoms with Gasteiger partial charge in [0.1, 0.15) is 11.3 Å². The van der Waals surface area contributed by atoms with Gasteiger partial charge < -0.3 is 9.72 Å². The van der Waals surface area contributed by atoms with Gasteiger partial charge in [0.05, 0.1) is 11.5 Å². The number of rotatable bonds is 7. The number of aryl methyl sites for hydroxylation is 1. The Balaban J connectivity index is 1.50. The van der Waals surface area contributed by atoms with Crippen molar-refractivity contribution in [2.75, 3.05) is 12.3 Å². The van der Waals surface area contributed by atoms with E-state index < -0.39 is 9.84 Å². The third kappa shape index (κ3) is 4.70. The van der Waals surface area contributed by atoms with Crippen molar-refractivity contribution >= 4 is 21.4 Å². The summed E-state index contributed by atoms with van der Waals surface area (Å²) in [5, 5.41) is 2.73. The fourth-order valence-electron chi connectivity index (χ4n) is 2.68. The second-order valence-electron chi connectivity index (χ2n) is 6.28. The summed E-state index contributed by atoms with van der Waals surface area (Å²) in [6.07, 6.45) is 3.88. The summed E-state index contributed by atoms with van der Waals surface area (Å²) in [6, 6.07) is 12.9. The molecule has 0 radical (unpaired) electrons. The molecule has 0 aliphatic carbocycles. The van der Waals surface area contributed by atoms with Gasteiger partial charge in [-0.1, -0.05) is 30.3 Å². The number of benzene rings is 1. The molecule has 0 bridgehead atoms. The first-order valence-corrected chi connectivity index (χ1v) is 10.2. The Morgan fingerprint density at radius 2 is 1.96 bits per heavy atom. The van der Waals surface area contributed by atoms with Gasteiger partial charge in [0.25, 0.3) is 5.91 Å². The lowest BCUT2D eigenvalue weighted by Crippen LogP contribution is -2.26. The molecular weight excluding hydrogens is 350 g/mol. The summed E-state index contributed by atoms with van der Waals surface area (Å²) in [6.45, 7) is 2.25. The van der Waals surface area contributed by atoms with Crippen LogP contribution < -0.4 is 5.32 Å². The van der Waals surface area contributed by atoms with E-state index in [1.54, 1.807) is 22.7 Å². The number of hydrogen-bond acceptors (Lipinski definition) is 4. The number of nitrogens with zero attached hydrogens (tertiary/aromatic N) is 2. The van der Waals surface area contributed by atoms with E-state index in [9.17, 15) is 13.2 Å². The van der Waals surface area contributed by atoms with E-state index in [0.29, 0.717) is 24.3 Å². The average molecular weight is 371 g/mol. The normalized spacial score (nSPS) is 11.6. The van der Waals surface area contributed by atoms with Crippen LogP contribution in [0.3, 0.4) is 0 Å². The minimum absolute atomic E-state index is 0.0214. The van der Waals surface area contributed by atoms with E-state index in [2.05, 4.69) is 10.3 Å². The number of amides is 1. The molecule has 0 atom stereocenters. The van der Waals surface area contributed by atoms with Gasteiger partial charge in [-0.15, -0.1) is 0 Å². The second-order valence-corrected chi connectivity index (χ2v) is 8.47. The molecule has 0 fully saturated rings. The van der Waals surface area contributed by atoms with Crippen LogP contribution in [0.25, 0.3) is 5.65 Å². The number of nitrogens with one attached hydrogen (secondary N) is 1. The number of imidazole rings is 1. The molecule has 0 unspecified atom stereocenters. The van der Waals surface area contributed by atoms with Crippen LogP contribution in [0.15, 0.2) is 54.9 Å². The predicted molar refractivity (Wildman–Crippen MR) is 101 cm³/mol. The Kier molecular flexibility index (Phi) is 5.37. The van der Waals surface area contributed by atoms with Gasteiger partial charge >= 0.3 is 0 Å². The molecule has 1 aromatic carbocycles. The second kappa shape index (κ2) is 7.70. The lowest BCUT2D eigenvalue weighted by Gasteiger charge is -2.05. The number of pyridine rings is 1. The Labute approximate surface area is 152 Å². The topological polar surface area (TPSA) is 80.5 Å². The summed E-state index contributed by atoms with van der Waals surface area (Å²) < 4.78 is 26.1. The van der Waals surface area contributed by atoms with Crippen molar-refractivity contribution in [3.05, 3.63) is 71.7 Å². The maximum atomic E-state index is 12.2. The molecule has 3 rings (SSSR count). The first kappa shape index (κ1) is 18.1. The summed E-state index contributed by atoms with van der Waals surface area (Å²) >= 11 is 0. The Hall–Kier alpha value is -2.67. The third-order valence-electron chi connectivity index (χ3n) is 4.00. The molecule has 1 amide bonds. The lowest BCUT2D eigenvalue weighted by atomic mass is 10.2. The first-order chi connectivity index (χ1) is 12.4. The van der Waals surface area contributed by atoms with Gasteiger partial charge in [0.2, 0.25) is 0 Å². The molecule has 26 heavy (non-hydrogen) atoms. The van der Waals surface area contributed by atoms with Gasteiger partial charge in [0, 0.05) is 18.9 Å². The van der Waals surface area contributed by atoms with E-state index in [4.69, 9.17) is 0 Å². The Bertz CT molecular complexity index is 1010. The predicted octanol–water partition coefficient (Wildman–Crippen LogP) is 2.38. The van der Waals surface area contributed by atoms with E-state index in [0.717, 1.165) is 11.1 Å². The van der Waals surface area contributed by atoms with Crippen molar-refractivity contribution in [2.45, 2.75) is 19.1 Å². The van der Waals surface area contributed by atoms with Crippen LogP contribution in [-0.4, -0.2) is 36.0 Å². The fourth-order valence-corrected chi connectivity index (χ4v) is 4.11. The van der Waals surface area contributed by atoms with E-state index in [-0.39, 0.29) is 17.4 Å². The molecule has 0 aliphatic heterocycles. The van der Waals surface area contributed by atoms with Crippen LogP contribution in [-0.2, 0) is 15.6 Å². The summed E-state index contributed by atoms with van der Waals surface area (Å²) in [7, 11) is -3.19. The molecular formula is C19H21N3O3S. The molecule has 136 valence electrons. The minimum Gasteiger partial charge on any atom is -0.351 e. The number of sulfone groups is 1. The molecule has 0 aliphatic rings. The molecule has 2 aromatic heterocycles. The largest absolute Gasteiger partial charge is 0.351 e. The molecule has 1 N–H and O–H groups in total. The van der Waals surface area contributed by atoms with Gasteiger partial charge in [-0.25, -0.2) is 13.4 Å². The molecule has 0 saturated carbocycles. The number of hydrogen-bond donors (Lipinski definition) is 1. The van der Waals surface area contributed by atoms with Crippen molar-refractivity contribution in [3.63, 3.8) is 0 Å². The highest BCUT2D eigenvalue weighted by Crippen LogP contribution is 2.09. The zero-order chi connectivity index (χ0) is 18.6. The summed E-state index contributed by atoms with van der Waals surface area (Å²) in [5.74, 6) is -0.244. The number of aromatic nitrogens is 2. The van der Waals surface area contributed by atoms with Crippen LogP contribution >= 0.6 is 0 Å². The summed E-state index contributed by atoms with van der Waals surface area (Å²) in [5.41, 5.74) is 2.87. The quantitative estimate of drug-likeness (QED) is 0.647. The Morgan fingerprint density at radius 3 is 2.73 bits per heavy atom. The molecule has 2 heterocycles. The highest BCUT2D eigenvalue weighted by molar-refractivity contribution is 7.90. The maximum absolute atomic E-state index is 12.2. The van der Waals surface area contributed by atoms with Gasteiger partial charge in [0.15, 0.2) is 9.84 Å². The van der Waals surface area contributed by atoms with Gasteiger partial charge in [-0.05, 0) is 36.6 Å². The first-order valence-electron chi connectivity index (χ1n) is 8.41. The third-order valence-corrected chi connectivity index (χ3v) is 5.68. The highest BCUT2D eigenvalue weighted by Gasteiger charge is 2.13. The van der Waals surface area contributed by atoms with Crippen molar-refractivity contribution in [1.82, 2.24) is 14.7 Å². The van der Waals surface area contributed by atoms with E-state index in [1.807, 2.05) is 43.5 Å². The van der Waals surface area contributed by atoms with Crippen LogP contribution in [0.4, 0.5) is 0 Å². The number of carbonyl (C=O) groups is 1. The highest BCUT2D eigenvalue weighted by atomic mass is 32.2. The number of fused-ring (bicyclic) bond motifs is 1. The molecule has 6 nitrogen and oxygen atoms in total. The van der Waals surface area contributed by atoms with Crippen molar-refractivity contribution < 1.29 is 13.2 Å². The standard InChI is InChI=1S/C19H21N3O3S/c1-15-8-10-22-13-17(21-18(22)12-15)19(23)20-9-5-11-26(24,25)14-16-6-3-2-4-7-16/h2-4,6-8,10,12-13H,5,9,11,14H2,1H3,(H,20,23). The maximum Gasteiger partial charge on any atom is 0.271 e.